The summed E-state index contributed by atoms with van der Waals surface area (Å²) in [5.74, 6) is 0.847. The van der Waals surface area contributed by atoms with Crippen molar-refractivity contribution in [3.05, 3.63) is 46.8 Å². The topological polar surface area (TPSA) is 154 Å². The van der Waals surface area contributed by atoms with E-state index < -0.39 is 5.92 Å². The van der Waals surface area contributed by atoms with Gasteiger partial charge in [0.05, 0.1) is 52.7 Å². The van der Waals surface area contributed by atoms with E-state index in [9.17, 15) is 10.4 Å². The van der Waals surface area contributed by atoms with Gasteiger partial charge < -0.3 is 39.3 Å². The summed E-state index contributed by atoms with van der Waals surface area (Å²) in [6.07, 6.45) is 0. The maximum absolute atomic E-state index is 10.4. The van der Waals surface area contributed by atoms with Gasteiger partial charge in [-0.3, -0.25) is 5.10 Å². The van der Waals surface area contributed by atoms with E-state index in [2.05, 4.69) is 16.3 Å². The number of hydrogen-bond acceptors (Lipinski definition) is 10. The lowest BCUT2D eigenvalue weighted by Crippen LogP contribution is -2.21. The second-order valence-electron chi connectivity index (χ2n) is 7.43. The van der Waals surface area contributed by atoms with Gasteiger partial charge >= 0.3 is 0 Å². The quantitative estimate of drug-likeness (QED) is 0.460. The standard InChI is InChI=1S/C24H24N4O7/c1-30-14-6-11(7-15(31-2)21(14)29)18-13(10-25)23(26)35-24-19(18)20(27-28-24)12-8-16(32-3)22(34-5)17(9-12)33-4/h6-9,18,29H,26H2,1-5H3,(H,27,28)/t18-/m0/s1. The summed E-state index contributed by atoms with van der Waals surface area (Å²) < 4.78 is 32.7. The van der Waals surface area contributed by atoms with Gasteiger partial charge in [-0.25, -0.2) is 0 Å². The largest absolute Gasteiger partial charge is 0.502 e. The molecule has 0 saturated heterocycles. The number of nitrogens with zero attached hydrogens (tertiary/aromatic N) is 2. The lowest BCUT2D eigenvalue weighted by Gasteiger charge is -2.25. The Kier molecular flexibility index (Phi) is 6.20. The van der Waals surface area contributed by atoms with Crippen molar-refractivity contribution in [3.63, 3.8) is 0 Å². The zero-order chi connectivity index (χ0) is 25.3. The maximum Gasteiger partial charge on any atom is 0.244 e. The van der Waals surface area contributed by atoms with Gasteiger partial charge in [0.15, 0.2) is 23.0 Å². The van der Waals surface area contributed by atoms with E-state index in [0.29, 0.717) is 39.6 Å². The molecule has 0 aliphatic carbocycles. The highest BCUT2D eigenvalue weighted by Gasteiger charge is 2.37. The number of methoxy groups -OCH3 is 5. The monoisotopic (exact) mass is 480 g/mol. The minimum atomic E-state index is -0.722. The van der Waals surface area contributed by atoms with E-state index in [4.69, 9.17) is 34.2 Å². The average molecular weight is 480 g/mol. The van der Waals surface area contributed by atoms with Crippen molar-refractivity contribution in [1.82, 2.24) is 10.2 Å². The lowest BCUT2D eigenvalue weighted by atomic mass is 9.82. The van der Waals surface area contributed by atoms with Crippen LogP contribution in [0.4, 0.5) is 0 Å². The number of benzene rings is 2. The van der Waals surface area contributed by atoms with Gasteiger partial charge in [-0.2, -0.15) is 5.26 Å². The molecule has 0 bridgehead atoms. The first-order valence-electron chi connectivity index (χ1n) is 10.3. The van der Waals surface area contributed by atoms with Gasteiger partial charge in [0, 0.05) is 5.56 Å². The van der Waals surface area contributed by atoms with Gasteiger partial charge in [-0.05, 0) is 29.8 Å². The molecule has 1 aliphatic heterocycles. The van der Waals surface area contributed by atoms with Crippen LogP contribution >= 0.6 is 0 Å². The van der Waals surface area contributed by atoms with Crippen molar-refractivity contribution in [1.29, 1.82) is 5.26 Å². The number of rotatable bonds is 7. The van der Waals surface area contributed by atoms with Crippen LogP contribution in [0.1, 0.15) is 17.0 Å². The Labute approximate surface area is 201 Å². The molecule has 35 heavy (non-hydrogen) atoms. The molecule has 2 heterocycles. The number of aromatic hydroxyl groups is 1. The van der Waals surface area contributed by atoms with Gasteiger partial charge in [-0.15, -0.1) is 5.10 Å². The van der Waals surface area contributed by atoms with Crippen molar-refractivity contribution >= 4 is 0 Å². The van der Waals surface area contributed by atoms with Crippen molar-refractivity contribution < 1.29 is 33.5 Å². The minimum Gasteiger partial charge on any atom is -0.502 e. The number of aromatic amines is 1. The number of nitrogens with one attached hydrogen (secondary N) is 1. The number of hydrogen-bond donors (Lipinski definition) is 3. The smallest absolute Gasteiger partial charge is 0.244 e. The maximum atomic E-state index is 10.4. The number of ether oxygens (including phenoxy) is 6. The highest BCUT2D eigenvalue weighted by atomic mass is 16.5. The number of nitriles is 1. The zero-order valence-corrected chi connectivity index (χ0v) is 19.8. The molecule has 4 rings (SSSR count). The molecule has 2 aromatic carbocycles. The first-order valence-corrected chi connectivity index (χ1v) is 10.3. The fourth-order valence-corrected chi connectivity index (χ4v) is 4.10. The van der Waals surface area contributed by atoms with Crippen molar-refractivity contribution in [2.75, 3.05) is 35.5 Å². The molecule has 0 spiro atoms. The number of aromatic nitrogens is 2. The van der Waals surface area contributed by atoms with E-state index >= 15 is 0 Å². The van der Waals surface area contributed by atoms with E-state index in [1.165, 1.54) is 35.5 Å². The number of fused-ring (bicyclic) bond motifs is 1. The number of nitrogens with two attached hydrogens (primary N) is 1. The van der Waals surface area contributed by atoms with E-state index in [1.54, 1.807) is 24.3 Å². The lowest BCUT2D eigenvalue weighted by molar-refractivity contribution is 0.324. The van der Waals surface area contributed by atoms with Gasteiger partial charge in [0.2, 0.25) is 23.3 Å². The first kappa shape index (κ1) is 23.4. The normalized spacial score (nSPS) is 14.5. The molecule has 1 aromatic heterocycles. The zero-order valence-electron chi connectivity index (χ0n) is 19.8. The Balaban J connectivity index is 2.00. The van der Waals surface area contributed by atoms with Crippen LogP contribution in [-0.4, -0.2) is 50.9 Å². The van der Waals surface area contributed by atoms with Crippen LogP contribution in [0.15, 0.2) is 35.7 Å². The molecule has 4 N–H and O–H groups in total. The Morgan fingerprint density at radius 3 is 2.00 bits per heavy atom. The summed E-state index contributed by atoms with van der Waals surface area (Å²) in [7, 11) is 7.38. The van der Waals surface area contributed by atoms with Crippen molar-refractivity contribution in [2.24, 2.45) is 5.73 Å². The molecule has 1 aliphatic rings. The predicted octanol–water partition coefficient (Wildman–Crippen LogP) is 3.04. The van der Waals surface area contributed by atoms with Crippen LogP contribution in [0.5, 0.6) is 40.4 Å². The minimum absolute atomic E-state index is 0.0843. The molecule has 0 radical (unpaired) electrons. The summed E-state index contributed by atoms with van der Waals surface area (Å²) >= 11 is 0. The SMILES string of the molecule is COc1cc([C@H]2C(C#N)=C(N)Oc3n[nH]c(-c4cc(OC)c(OC)c(OC)c4)c32)cc(OC)c1O. The molecule has 0 amide bonds. The molecular formula is C24H24N4O7. The van der Waals surface area contributed by atoms with Crippen LogP contribution in [-0.2, 0) is 0 Å². The van der Waals surface area contributed by atoms with Crippen LogP contribution in [0.2, 0.25) is 0 Å². The fourth-order valence-electron chi connectivity index (χ4n) is 4.10. The number of phenolic OH excluding ortho intramolecular Hbond substituents is 1. The van der Waals surface area contributed by atoms with Crippen molar-refractivity contribution in [3.8, 4) is 57.7 Å². The van der Waals surface area contributed by atoms with E-state index in [-0.39, 0.29) is 34.6 Å². The summed E-state index contributed by atoms with van der Waals surface area (Å²) in [5, 5.41) is 27.7. The highest BCUT2D eigenvalue weighted by molar-refractivity contribution is 5.75. The Morgan fingerprint density at radius 2 is 1.51 bits per heavy atom. The Bertz CT molecular complexity index is 1310. The molecule has 11 nitrogen and oxygen atoms in total. The third kappa shape index (κ3) is 3.74. The molecule has 0 saturated carbocycles. The van der Waals surface area contributed by atoms with Crippen LogP contribution in [0, 0.1) is 11.3 Å². The fraction of sp³-hybridized carbons (Fsp3) is 0.250. The van der Waals surface area contributed by atoms with Crippen LogP contribution < -0.4 is 34.2 Å². The number of allylic oxidation sites excluding steroid dienone is 1. The third-order valence-corrected chi connectivity index (χ3v) is 5.73. The molecule has 1 atom stereocenters. The van der Waals surface area contributed by atoms with Crippen molar-refractivity contribution in [2.45, 2.75) is 5.92 Å². The molecule has 0 fully saturated rings. The molecule has 3 aromatic rings. The second-order valence-corrected chi connectivity index (χ2v) is 7.43. The van der Waals surface area contributed by atoms with E-state index in [0.717, 1.165) is 0 Å². The molecule has 11 heteroatoms. The number of H-pyrrole nitrogens is 1. The Hall–Kier alpha value is -4.72. The molecule has 0 unspecified atom stereocenters. The average Bonchev–Trinajstić information content (AvgIpc) is 3.30. The summed E-state index contributed by atoms with van der Waals surface area (Å²) in [6.45, 7) is 0. The third-order valence-electron chi connectivity index (χ3n) is 5.73. The van der Waals surface area contributed by atoms with Gasteiger partial charge in [-0.1, -0.05) is 0 Å². The summed E-state index contributed by atoms with van der Waals surface area (Å²) in [5.41, 5.74) is 8.53. The van der Waals surface area contributed by atoms with Crippen LogP contribution in [0.25, 0.3) is 11.3 Å². The summed E-state index contributed by atoms with van der Waals surface area (Å²) in [4.78, 5) is 0. The first-order chi connectivity index (χ1) is 16.9. The Morgan fingerprint density at radius 1 is 0.943 bits per heavy atom. The predicted molar refractivity (Wildman–Crippen MR) is 124 cm³/mol. The van der Waals surface area contributed by atoms with Crippen LogP contribution in [0.3, 0.4) is 0 Å². The van der Waals surface area contributed by atoms with Gasteiger partial charge in [0.25, 0.3) is 0 Å². The highest BCUT2D eigenvalue weighted by Crippen LogP contribution is 2.50. The van der Waals surface area contributed by atoms with Gasteiger partial charge in [0.1, 0.15) is 11.6 Å². The summed E-state index contributed by atoms with van der Waals surface area (Å²) in [6, 6.07) is 8.85. The molecule has 182 valence electrons. The van der Waals surface area contributed by atoms with E-state index in [1.807, 2.05) is 0 Å². The molecular weight excluding hydrogens is 456 g/mol. The second kappa shape index (κ2) is 9.26. The number of phenols is 1.